The Bertz CT molecular complexity index is 1450. The molecule has 0 spiro atoms. The Balaban J connectivity index is 1.54. The van der Waals surface area contributed by atoms with Crippen LogP contribution >= 0.6 is 23.2 Å². The maximum absolute atomic E-state index is 12.8. The Kier molecular flexibility index (Phi) is 7.39. The number of hydrogen-bond donors (Lipinski definition) is 3. The van der Waals surface area contributed by atoms with Gasteiger partial charge in [0.25, 0.3) is 0 Å². The van der Waals surface area contributed by atoms with Crippen molar-refractivity contribution in [2.45, 2.75) is 19.9 Å². The summed E-state index contributed by atoms with van der Waals surface area (Å²) in [5.41, 5.74) is 0.468. The monoisotopic (exact) mass is 513 g/mol. The zero-order valence-corrected chi connectivity index (χ0v) is 21.0. The van der Waals surface area contributed by atoms with Crippen LogP contribution in [0.15, 0.2) is 53.5 Å². The Hall–Kier alpha value is -3.40. The summed E-state index contributed by atoms with van der Waals surface area (Å²) in [6, 6.07) is 12.8. The molecule has 2 aromatic heterocycles. The van der Waals surface area contributed by atoms with Crippen molar-refractivity contribution in [1.29, 1.82) is 5.41 Å². The Labute approximate surface area is 211 Å². The second kappa shape index (κ2) is 10.5. The van der Waals surface area contributed by atoms with E-state index in [9.17, 15) is 4.79 Å². The van der Waals surface area contributed by atoms with Crippen molar-refractivity contribution in [3.8, 4) is 11.4 Å². The average Bonchev–Trinajstić information content (AvgIpc) is 2.81. The highest BCUT2D eigenvalue weighted by molar-refractivity contribution is 6.37. The summed E-state index contributed by atoms with van der Waals surface area (Å²) in [6.45, 7) is 5.71. The van der Waals surface area contributed by atoms with E-state index in [1.165, 1.54) is 6.20 Å². The molecule has 0 atom stereocenters. The molecule has 0 radical (unpaired) electrons. The minimum absolute atomic E-state index is 0.130. The number of H-pyrrole nitrogens is 1. The van der Waals surface area contributed by atoms with Gasteiger partial charge < -0.3 is 15.0 Å². The van der Waals surface area contributed by atoms with Gasteiger partial charge in [-0.2, -0.15) is 4.98 Å². The molecule has 0 aliphatic rings. The number of para-hydroxylation sites is 1. The second-order valence-corrected chi connectivity index (χ2v) is 9.03. The standard InChI is InChI=1S/C24H25Cl2N7O2/c1-14(2)32(3)11-12-35-16-9-7-15(8-10-16)29-23-28-13-17-21(27)33(24(34)31-22(17)30-23)20-18(25)5-4-6-19(20)26/h4-10,13-14,27H,11-12H2,1-3H3,(H2,28,29,30,31,34). The Morgan fingerprint density at radius 3 is 2.51 bits per heavy atom. The van der Waals surface area contributed by atoms with Crippen LogP contribution < -0.4 is 21.2 Å². The first-order chi connectivity index (χ1) is 16.7. The van der Waals surface area contributed by atoms with Gasteiger partial charge in [0.1, 0.15) is 17.8 Å². The minimum atomic E-state index is -0.591. The molecule has 182 valence electrons. The number of halogens is 2. The molecule has 0 aliphatic carbocycles. The number of anilines is 2. The number of benzene rings is 2. The third-order valence-corrected chi connectivity index (χ3v) is 6.17. The third kappa shape index (κ3) is 5.48. The number of nitrogens with one attached hydrogen (secondary N) is 3. The molecule has 4 rings (SSSR count). The molecule has 0 unspecified atom stereocenters. The van der Waals surface area contributed by atoms with E-state index >= 15 is 0 Å². The molecular formula is C24H25Cl2N7O2. The molecule has 0 amide bonds. The van der Waals surface area contributed by atoms with E-state index in [-0.39, 0.29) is 32.8 Å². The molecule has 9 nitrogen and oxygen atoms in total. The lowest BCUT2D eigenvalue weighted by Gasteiger charge is -2.20. The molecule has 2 aromatic carbocycles. The lowest BCUT2D eigenvalue weighted by molar-refractivity contribution is 0.208. The number of likely N-dealkylation sites (N-methyl/N-ethyl adjacent to an activating group) is 1. The fourth-order valence-electron chi connectivity index (χ4n) is 3.34. The van der Waals surface area contributed by atoms with Crippen LogP contribution in [0.5, 0.6) is 5.75 Å². The SMILES string of the molecule is CC(C)N(C)CCOc1ccc(Nc2ncc3c(=N)n(-c4c(Cl)cccc4Cl)c(=O)[nH]c3n2)cc1. The van der Waals surface area contributed by atoms with Gasteiger partial charge in [-0.25, -0.2) is 14.3 Å². The van der Waals surface area contributed by atoms with E-state index < -0.39 is 5.69 Å². The van der Waals surface area contributed by atoms with Crippen molar-refractivity contribution in [2.24, 2.45) is 0 Å². The van der Waals surface area contributed by atoms with E-state index in [1.54, 1.807) is 18.2 Å². The number of aromatic amines is 1. The molecule has 3 N–H and O–H groups in total. The average molecular weight is 514 g/mol. The highest BCUT2D eigenvalue weighted by Crippen LogP contribution is 2.26. The van der Waals surface area contributed by atoms with Crippen LogP contribution in [0.2, 0.25) is 10.0 Å². The van der Waals surface area contributed by atoms with Crippen molar-refractivity contribution in [1.82, 2.24) is 24.4 Å². The number of nitrogens with zero attached hydrogens (tertiary/aromatic N) is 4. The van der Waals surface area contributed by atoms with Crippen molar-refractivity contribution < 1.29 is 4.74 Å². The molecular weight excluding hydrogens is 489 g/mol. The van der Waals surface area contributed by atoms with Gasteiger partial charge in [0, 0.05) is 24.5 Å². The van der Waals surface area contributed by atoms with Crippen LogP contribution in [0.3, 0.4) is 0 Å². The summed E-state index contributed by atoms with van der Waals surface area (Å²) in [6.07, 6.45) is 1.47. The summed E-state index contributed by atoms with van der Waals surface area (Å²) in [7, 11) is 2.06. The number of fused-ring (bicyclic) bond motifs is 1. The normalized spacial score (nSPS) is 11.4. The van der Waals surface area contributed by atoms with Crippen molar-refractivity contribution in [3.05, 3.63) is 74.7 Å². The predicted molar refractivity (Wildman–Crippen MR) is 138 cm³/mol. The van der Waals surface area contributed by atoms with Crippen LogP contribution in [-0.4, -0.2) is 50.7 Å². The maximum Gasteiger partial charge on any atom is 0.333 e. The van der Waals surface area contributed by atoms with Crippen molar-refractivity contribution in [3.63, 3.8) is 0 Å². The van der Waals surface area contributed by atoms with E-state index in [4.69, 9.17) is 33.3 Å². The van der Waals surface area contributed by atoms with E-state index in [2.05, 4.69) is 46.1 Å². The summed E-state index contributed by atoms with van der Waals surface area (Å²) >= 11 is 12.5. The molecule has 11 heteroatoms. The zero-order valence-electron chi connectivity index (χ0n) is 19.5. The van der Waals surface area contributed by atoms with Crippen LogP contribution in [0.25, 0.3) is 16.7 Å². The molecule has 4 aromatic rings. The molecule has 0 aliphatic heterocycles. The molecule has 2 heterocycles. The largest absolute Gasteiger partial charge is 0.492 e. The maximum atomic E-state index is 12.8. The third-order valence-electron chi connectivity index (χ3n) is 5.56. The minimum Gasteiger partial charge on any atom is -0.492 e. The molecule has 0 fully saturated rings. The van der Waals surface area contributed by atoms with Crippen LogP contribution in [-0.2, 0) is 0 Å². The first-order valence-corrected chi connectivity index (χ1v) is 11.7. The van der Waals surface area contributed by atoms with Gasteiger partial charge in [0.05, 0.1) is 21.1 Å². The Morgan fingerprint density at radius 2 is 1.86 bits per heavy atom. The number of ether oxygens (including phenoxy) is 1. The quantitative estimate of drug-likeness (QED) is 0.322. The smallest absolute Gasteiger partial charge is 0.333 e. The highest BCUT2D eigenvalue weighted by Gasteiger charge is 2.15. The van der Waals surface area contributed by atoms with Crippen LogP contribution in [0, 0.1) is 5.41 Å². The first-order valence-electron chi connectivity index (χ1n) is 11.0. The first kappa shape index (κ1) is 24.7. The van der Waals surface area contributed by atoms with E-state index in [0.29, 0.717) is 18.0 Å². The highest BCUT2D eigenvalue weighted by atomic mass is 35.5. The lowest BCUT2D eigenvalue weighted by Crippen LogP contribution is -2.34. The van der Waals surface area contributed by atoms with Gasteiger partial charge in [-0.15, -0.1) is 0 Å². The summed E-state index contributed by atoms with van der Waals surface area (Å²) in [5.74, 6) is 1.03. The van der Waals surface area contributed by atoms with Gasteiger partial charge in [0.15, 0.2) is 5.65 Å². The van der Waals surface area contributed by atoms with Crippen LogP contribution in [0.4, 0.5) is 11.6 Å². The van der Waals surface area contributed by atoms with Gasteiger partial charge in [-0.05, 0) is 57.3 Å². The van der Waals surface area contributed by atoms with Gasteiger partial charge in [-0.3, -0.25) is 10.4 Å². The fourth-order valence-corrected chi connectivity index (χ4v) is 3.90. The van der Waals surface area contributed by atoms with Crippen LogP contribution in [0.1, 0.15) is 13.8 Å². The van der Waals surface area contributed by atoms with Crippen molar-refractivity contribution in [2.75, 3.05) is 25.5 Å². The lowest BCUT2D eigenvalue weighted by atomic mass is 10.3. The fraction of sp³-hybridized carbons (Fsp3) is 0.250. The second-order valence-electron chi connectivity index (χ2n) is 8.21. The van der Waals surface area contributed by atoms with Gasteiger partial charge in [-0.1, -0.05) is 29.3 Å². The molecule has 0 bridgehead atoms. The van der Waals surface area contributed by atoms with E-state index in [0.717, 1.165) is 22.5 Å². The summed E-state index contributed by atoms with van der Waals surface area (Å²) < 4.78 is 6.90. The van der Waals surface area contributed by atoms with Gasteiger partial charge in [0.2, 0.25) is 5.95 Å². The predicted octanol–water partition coefficient (Wildman–Crippen LogP) is 4.36. The molecule has 0 saturated carbocycles. The Morgan fingerprint density at radius 1 is 1.17 bits per heavy atom. The summed E-state index contributed by atoms with van der Waals surface area (Å²) in [5, 5.41) is 12.5. The van der Waals surface area contributed by atoms with Crippen molar-refractivity contribution >= 4 is 45.9 Å². The van der Waals surface area contributed by atoms with Gasteiger partial charge >= 0.3 is 5.69 Å². The molecule has 0 saturated heterocycles. The zero-order chi connectivity index (χ0) is 25.1. The number of hydrogen-bond acceptors (Lipinski definition) is 7. The molecule has 35 heavy (non-hydrogen) atoms. The summed E-state index contributed by atoms with van der Waals surface area (Å²) in [4.78, 5) is 26.4. The number of rotatable bonds is 8. The number of aromatic nitrogens is 4. The topological polar surface area (TPSA) is 112 Å². The van der Waals surface area contributed by atoms with E-state index in [1.807, 2.05) is 24.3 Å².